The van der Waals surface area contributed by atoms with E-state index in [1.165, 1.54) is 0 Å². The third-order valence-electron chi connectivity index (χ3n) is 5.76. The summed E-state index contributed by atoms with van der Waals surface area (Å²) in [6.07, 6.45) is 0.941. The number of para-hydroxylation sites is 1. The minimum absolute atomic E-state index is 0.00262. The Hall–Kier alpha value is -3.12. The number of rotatable bonds is 2. The van der Waals surface area contributed by atoms with Gasteiger partial charge in [-0.1, -0.05) is 49.4 Å². The summed E-state index contributed by atoms with van der Waals surface area (Å²) in [6.45, 7) is 4.85. The molecule has 1 aliphatic rings. The largest absolute Gasteiger partial charge is 0.307 e. The zero-order chi connectivity index (χ0) is 21.5. The van der Waals surface area contributed by atoms with E-state index in [4.69, 9.17) is 4.98 Å². The maximum absolute atomic E-state index is 14.0. The van der Waals surface area contributed by atoms with E-state index >= 15 is 0 Å². The summed E-state index contributed by atoms with van der Waals surface area (Å²) in [6, 6.07) is 20.1. The fourth-order valence-corrected chi connectivity index (χ4v) is 5.33. The van der Waals surface area contributed by atoms with Crippen LogP contribution in [0.3, 0.4) is 0 Å². The Bertz CT molecular complexity index is 1280. The molecule has 0 bridgehead atoms. The monoisotopic (exact) mass is 428 g/mol. The maximum Gasteiger partial charge on any atom is 0.259 e. The second kappa shape index (κ2) is 7.85. The van der Waals surface area contributed by atoms with Crippen molar-refractivity contribution in [2.24, 2.45) is 7.05 Å². The second-order valence-electron chi connectivity index (χ2n) is 7.97. The molecule has 0 fully saturated rings. The molecule has 0 spiro atoms. The minimum Gasteiger partial charge on any atom is -0.307 e. The van der Waals surface area contributed by atoms with Gasteiger partial charge in [-0.15, -0.1) is 11.8 Å². The molecular weight excluding hydrogens is 404 g/mol. The smallest absolute Gasteiger partial charge is 0.259 e. The van der Waals surface area contributed by atoms with Gasteiger partial charge in [0.15, 0.2) is 5.65 Å². The zero-order valence-electron chi connectivity index (χ0n) is 17.9. The average Bonchev–Trinajstić information content (AvgIpc) is 2.97. The molecule has 0 radical (unpaired) electrons. The van der Waals surface area contributed by atoms with Crippen molar-refractivity contribution < 1.29 is 4.79 Å². The van der Waals surface area contributed by atoms with Crippen LogP contribution < -0.4 is 4.90 Å². The number of benzene rings is 2. The Morgan fingerprint density at radius 2 is 1.84 bits per heavy atom. The zero-order valence-corrected chi connectivity index (χ0v) is 18.7. The van der Waals surface area contributed by atoms with E-state index in [9.17, 15) is 4.79 Å². The minimum atomic E-state index is 0.00262. The highest BCUT2D eigenvalue weighted by molar-refractivity contribution is 8.00. The molecule has 3 heterocycles. The fourth-order valence-electron chi connectivity index (χ4n) is 4.21. The predicted octanol–water partition coefficient (Wildman–Crippen LogP) is 5.47. The first-order chi connectivity index (χ1) is 15.0. The molecule has 6 heteroatoms. The number of fused-ring (bicyclic) bond motifs is 2. The van der Waals surface area contributed by atoms with E-state index in [1.54, 1.807) is 4.68 Å². The number of carbonyl (C=O) groups excluding carboxylic acids is 1. The molecular formula is C25H24N4OS. The van der Waals surface area contributed by atoms with Crippen LogP contribution in [-0.2, 0) is 7.05 Å². The van der Waals surface area contributed by atoms with Crippen LogP contribution in [0.5, 0.6) is 0 Å². The standard InChI is InChI=1S/C25H24N4OS/c1-16-13-14-29(21-11-7-8-12-22(21)31-16)25(30)19-15-20(18-9-5-4-6-10-18)26-24-23(19)17(2)27-28(24)3/h4-12,15-16H,13-14H2,1-3H3. The third-order valence-corrected chi connectivity index (χ3v) is 6.99. The van der Waals surface area contributed by atoms with Crippen molar-refractivity contribution >= 4 is 34.4 Å². The first-order valence-electron chi connectivity index (χ1n) is 10.5. The first-order valence-corrected chi connectivity index (χ1v) is 11.4. The van der Waals surface area contributed by atoms with Crippen LogP contribution in [0.15, 0.2) is 65.6 Å². The van der Waals surface area contributed by atoms with Crippen LogP contribution >= 0.6 is 11.8 Å². The second-order valence-corrected chi connectivity index (χ2v) is 9.45. The van der Waals surface area contributed by atoms with Crippen molar-refractivity contribution in [2.45, 2.75) is 30.4 Å². The molecule has 1 aliphatic heterocycles. The van der Waals surface area contributed by atoms with Gasteiger partial charge in [-0.25, -0.2) is 4.98 Å². The lowest BCUT2D eigenvalue weighted by atomic mass is 10.0. The maximum atomic E-state index is 14.0. The van der Waals surface area contributed by atoms with Crippen LogP contribution in [-0.4, -0.2) is 32.5 Å². The van der Waals surface area contributed by atoms with E-state index in [2.05, 4.69) is 18.1 Å². The number of hydrogen-bond donors (Lipinski definition) is 0. The number of carbonyl (C=O) groups is 1. The van der Waals surface area contributed by atoms with E-state index in [0.717, 1.165) is 45.0 Å². The summed E-state index contributed by atoms with van der Waals surface area (Å²) in [5.41, 5.74) is 4.95. The van der Waals surface area contributed by atoms with Crippen LogP contribution in [0.1, 0.15) is 29.4 Å². The van der Waals surface area contributed by atoms with Crippen LogP contribution in [0, 0.1) is 6.92 Å². The number of nitrogens with zero attached hydrogens (tertiary/aromatic N) is 4. The summed E-state index contributed by atoms with van der Waals surface area (Å²) in [5, 5.41) is 5.85. The topological polar surface area (TPSA) is 51.0 Å². The number of aryl methyl sites for hydroxylation is 2. The molecule has 31 heavy (non-hydrogen) atoms. The van der Waals surface area contributed by atoms with Crippen molar-refractivity contribution in [1.82, 2.24) is 14.8 Å². The molecule has 5 rings (SSSR count). The van der Waals surface area contributed by atoms with Gasteiger partial charge in [-0.3, -0.25) is 9.48 Å². The summed E-state index contributed by atoms with van der Waals surface area (Å²) in [4.78, 5) is 22.0. The lowest BCUT2D eigenvalue weighted by Crippen LogP contribution is -2.32. The molecule has 1 atom stereocenters. The molecule has 4 aromatic rings. The Morgan fingerprint density at radius 1 is 1.10 bits per heavy atom. The van der Waals surface area contributed by atoms with Gasteiger partial charge in [0.25, 0.3) is 5.91 Å². The van der Waals surface area contributed by atoms with Crippen molar-refractivity contribution in [3.63, 3.8) is 0 Å². The molecule has 2 aromatic heterocycles. The van der Waals surface area contributed by atoms with Gasteiger partial charge in [-0.05, 0) is 31.5 Å². The van der Waals surface area contributed by atoms with Crippen molar-refractivity contribution in [2.75, 3.05) is 11.4 Å². The number of thioether (sulfide) groups is 1. The van der Waals surface area contributed by atoms with E-state index in [0.29, 0.717) is 17.4 Å². The van der Waals surface area contributed by atoms with Crippen LogP contribution in [0.25, 0.3) is 22.3 Å². The summed E-state index contributed by atoms with van der Waals surface area (Å²) < 4.78 is 1.77. The first kappa shape index (κ1) is 19.8. The Balaban J connectivity index is 1.70. The highest BCUT2D eigenvalue weighted by Gasteiger charge is 2.28. The lowest BCUT2D eigenvalue weighted by molar-refractivity contribution is 0.0988. The van der Waals surface area contributed by atoms with Crippen LogP contribution in [0.4, 0.5) is 5.69 Å². The molecule has 0 saturated carbocycles. The van der Waals surface area contributed by atoms with Crippen molar-refractivity contribution in [1.29, 1.82) is 0 Å². The van der Waals surface area contributed by atoms with Crippen LogP contribution in [0.2, 0.25) is 0 Å². The third kappa shape index (κ3) is 3.51. The van der Waals surface area contributed by atoms with Gasteiger partial charge in [0.05, 0.1) is 28.0 Å². The van der Waals surface area contributed by atoms with Gasteiger partial charge in [-0.2, -0.15) is 5.10 Å². The van der Waals surface area contributed by atoms with Gasteiger partial charge in [0, 0.05) is 29.3 Å². The Kier molecular flexibility index (Phi) is 5.02. The van der Waals surface area contributed by atoms with E-state index in [-0.39, 0.29) is 5.91 Å². The Labute approximate surface area is 186 Å². The number of hydrogen-bond acceptors (Lipinski definition) is 4. The number of anilines is 1. The summed E-state index contributed by atoms with van der Waals surface area (Å²) >= 11 is 1.84. The van der Waals surface area contributed by atoms with Crippen molar-refractivity contribution in [3.8, 4) is 11.3 Å². The van der Waals surface area contributed by atoms with Gasteiger partial charge < -0.3 is 4.90 Å². The molecule has 156 valence electrons. The quantitative estimate of drug-likeness (QED) is 0.425. The number of pyridine rings is 1. The fraction of sp³-hybridized carbons (Fsp3) is 0.240. The van der Waals surface area contributed by atoms with Gasteiger partial charge >= 0.3 is 0 Å². The number of amides is 1. The molecule has 1 unspecified atom stereocenters. The number of aromatic nitrogens is 3. The highest BCUT2D eigenvalue weighted by Crippen LogP contribution is 2.38. The van der Waals surface area contributed by atoms with E-state index < -0.39 is 0 Å². The normalized spacial score (nSPS) is 16.2. The Morgan fingerprint density at radius 3 is 2.65 bits per heavy atom. The predicted molar refractivity (Wildman–Crippen MR) is 127 cm³/mol. The lowest BCUT2D eigenvalue weighted by Gasteiger charge is -2.23. The molecule has 0 saturated heterocycles. The average molecular weight is 429 g/mol. The summed E-state index contributed by atoms with van der Waals surface area (Å²) in [7, 11) is 1.88. The van der Waals surface area contributed by atoms with E-state index in [1.807, 2.05) is 85.2 Å². The molecule has 0 aliphatic carbocycles. The van der Waals surface area contributed by atoms with Gasteiger partial charge in [0.1, 0.15) is 0 Å². The molecule has 2 aromatic carbocycles. The molecule has 0 N–H and O–H groups in total. The highest BCUT2D eigenvalue weighted by atomic mass is 32.2. The molecule has 5 nitrogen and oxygen atoms in total. The molecule has 1 amide bonds. The van der Waals surface area contributed by atoms with Crippen molar-refractivity contribution in [3.05, 3.63) is 71.9 Å². The SMILES string of the molecule is Cc1nn(C)c2nc(-c3ccccc3)cc(C(=O)N3CCC(C)Sc4ccccc43)c12. The van der Waals surface area contributed by atoms with Gasteiger partial charge in [0.2, 0.25) is 0 Å². The summed E-state index contributed by atoms with van der Waals surface area (Å²) in [5.74, 6) is 0.00262.